The second-order valence-electron chi connectivity index (χ2n) is 7.35. The molecule has 2 aromatic carbocycles. The topological polar surface area (TPSA) is 108 Å². The lowest BCUT2D eigenvalue weighted by molar-refractivity contribution is 0.0930. The molecule has 8 nitrogen and oxygen atoms in total. The zero-order valence-corrected chi connectivity index (χ0v) is 18.4. The Bertz CT molecular complexity index is 1020. The fourth-order valence-electron chi connectivity index (χ4n) is 3.21. The van der Waals surface area contributed by atoms with Gasteiger partial charge in [0, 0.05) is 6.04 Å². The van der Waals surface area contributed by atoms with Crippen LogP contribution in [0.4, 0.5) is 5.69 Å². The number of hydrogen-bond acceptors (Lipinski definition) is 5. The van der Waals surface area contributed by atoms with Gasteiger partial charge in [0.1, 0.15) is 18.1 Å². The molecular weight excluding hydrogens is 406 g/mol. The maximum atomic E-state index is 13.0. The van der Waals surface area contributed by atoms with E-state index in [1.54, 1.807) is 18.2 Å². The first-order chi connectivity index (χ1) is 15.6. The number of ether oxygens (including phenoxy) is 1. The summed E-state index contributed by atoms with van der Waals surface area (Å²) in [5, 5.41) is 15.5. The van der Waals surface area contributed by atoms with Crippen molar-refractivity contribution < 1.29 is 14.3 Å². The van der Waals surface area contributed by atoms with Gasteiger partial charge in [-0.1, -0.05) is 49.4 Å². The van der Waals surface area contributed by atoms with Crippen molar-refractivity contribution in [2.75, 3.05) is 18.9 Å². The Morgan fingerprint density at radius 3 is 2.56 bits per heavy atom. The molecule has 0 bridgehead atoms. The molecule has 1 atom stereocenters. The van der Waals surface area contributed by atoms with E-state index in [0.29, 0.717) is 23.6 Å². The largest absolute Gasteiger partial charge is 0.488 e. The van der Waals surface area contributed by atoms with Crippen LogP contribution in [0.3, 0.4) is 0 Å². The maximum absolute atomic E-state index is 13.0. The predicted octanol–water partition coefficient (Wildman–Crippen LogP) is 3.36. The van der Waals surface area contributed by atoms with Crippen LogP contribution in [0.5, 0.6) is 5.75 Å². The number of amides is 2. The summed E-state index contributed by atoms with van der Waals surface area (Å²) < 4.78 is 5.88. The SMILES string of the molecule is CCC(CCNC)NC(=O)c1[nH]ncc1NC(=O)c1ccccc1OCc1ccccc1. The van der Waals surface area contributed by atoms with E-state index >= 15 is 0 Å². The van der Waals surface area contributed by atoms with Gasteiger partial charge in [0.2, 0.25) is 0 Å². The third-order valence-electron chi connectivity index (χ3n) is 5.05. The standard InChI is InChI=1S/C24H29N5O3/c1-3-18(13-14-25-2)27-24(31)22-20(15-26-29-22)28-23(30)19-11-7-8-12-21(19)32-16-17-9-5-4-6-10-17/h4-12,15,18,25H,3,13-14,16H2,1-2H3,(H,26,29)(H,27,31)(H,28,30). The lowest BCUT2D eigenvalue weighted by atomic mass is 10.1. The Morgan fingerprint density at radius 1 is 1.06 bits per heavy atom. The highest BCUT2D eigenvalue weighted by atomic mass is 16.5. The number of anilines is 1. The number of nitrogens with one attached hydrogen (secondary N) is 4. The Balaban J connectivity index is 1.68. The normalized spacial score (nSPS) is 11.6. The summed E-state index contributed by atoms with van der Waals surface area (Å²) in [7, 11) is 1.87. The number of benzene rings is 2. The zero-order valence-electron chi connectivity index (χ0n) is 18.4. The molecule has 32 heavy (non-hydrogen) atoms. The summed E-state index contributed by atoms with van der Waals surface area (Å²) in [6.45, 7) is 3.16. The number of H-pyrrole nitrogens is 1. The minimum atomic E-state index is -0.383. The number of rotatable bonds is 11. The van der Waals surface area contributed by atoms with Gasteiger partial charge in [0.15, 0.2) is 0 Å². The van der Waals surface area contributed by atoms with Crippen LogP contribution in [0.15, 0.2) is 60.8 Å². The molecule has 0 fully saturated rings. The monoisotopic (exact) mass is 435 g/mol. The number of hydrogen-bond donors (Lipinski definition) is 4. The molecule has 0 saturated carbocycles. The van der Waals surface area contributed by atoms with Crippen molar-refractivity contribution in [3.8, 4) is 5.75 Å². The van der Waals surface area contributed by atoms with Gasteiger partial charge in [0.25, 0.3) is 11.8 Å². The Labute approximate surface area is 187 Å². The molecule has 1 aromatic heterocycles. The molecule has 0 radical (unpaired) electrons. The Hall–Kier alpha value is -3.65. The highest BCUT2D eigenvalue weighted by Crippen LogP contribution is 2.22. The molecule has 168 valence electrons. The first-order valence-corrected chi connectivity index (χ1v) is 10.7. The smallest absolute Gasteiger partial charge is 0.271 e. The van der Waals surface area contributed by atoms with Crippen LogP contribution in [-0.4, -0.2) is 41.6 Å². The first kappa shape index (κ1) is 23.0. The van der Waals surface area contributed by atoms with E-state index in [4.69, 9.17) is 4.74 Å². The minimum absolute atomic E-state index is 0.0221. The van der Waals surface area contributed by atoms with E-state index in [-0.39, 0.29) is 23.6 Å². The summed E-state index contributed by atoms with van der Waals surface area (Å²) in [5.74, 6) is -0.234. The summed E-state index contributed by atoms with van der Waals surface area (Å²) >= 11 is 0. The molecule has 0 aliphatic rings. The molecule has 3 aromatic rings. The molecule has 1 unspecified atom stereocenters. The van der Waals surface area contributed by atoms with Crippen molar-refractivity contribution in [1.29, 1.82) is 0 Å². The van der Waals surface area contributed by atoms with Gasteiger partial charge in [-0.05, 0) is 44.1 Å². The van der Waals surface area contributed by atoms with Crippen LogP contribution in [-0.2, 0) is 6.61 Å². The molecule has 1 heterocycles. The quantitative estimate of drug-likeness (QED) is 0.369. The maximum Gasteiger partial charge on any atom is 0.271 e. The molecule has 0 spiro atoms. The Morgan fingerprint density at radius 2 is 1.81 bits per heavy atom. The van der Waals surface area contributed by atoms with Crippen molar-refractivity contribution in [2.45, 2.75) is 32.4 Å². The molecule has 4 N–H and O–H groups in total. The predicted molar refractivity (Wildman–Crippen MR) is 124 cm³/mol. The molecule has 2 amide bonds. The van der Waals surface area contributed by atoms with Crippen LogP contribution in [0.2, 0.25) is 0 Å². The van der Waals surface area contributed by atoms with Crippen LogP contribution < -0.4 is 20.7 Å². The van der Waals surface area contributed by atoms with Crippen molar-refractivity contribution in [1.82, 2.24) is 20.8 Å². The van der Waals surface area contributed by atoms with E-state index in [0.717, 1.165) is 24.9 Å². The first-order valence-electron chi connectivity index (χ1n) is 10.7. The Kier molecular flexibility index (Phi) is 8.39. The van der Waals surface area contributed by atoms with Gasteiger partial charge in [-0.2, -0.15) is 5.10 Å². The summed E-state index contributed by atoms with van der Waals surface area (Å²) in [5.41, 5.74) is 1.90. The number of nitrogens with zero attached hydrogens (tertiary/aromatic N) is 1. The minimum Gasteiger partial charge on any atom is -0.488 e. The summed E-state index contributed by atoms with van der Waals surface area (Å²) in [4.78, 5) is 25.7. The summed E-state index contributed by atoms with van der Waals surface area (Å²) in [6.07, 6.45) is 3.03. The number of aromatic amines is 1. The molecule has 0 saturated heterocycles. The number of carbonyl (C=O) groups excluding carboxylic acids is 2. The van der Waals surface area contributed by atoms with E-state index < -0.39 is 0 Å². The number of aromatic nitrogens is 2. The van der Waals surface area contributed by atoms with Crippen molar-refractivity contribution in [3.05, 3.63) is 77.6 Å². The van der Waals surface area contributed by atoms with E-state index in [1.807, 2.05) is 50.4 Å². The third-order valence-corrected chi connectivity index (χ3v) is 5.05. The van der Waals surface area contributed by atoms with E-state index in [1.165, 1.54) is 6.20 Å². The second kappa shape index (κ2) is 11.7. The van der Waals surface area contributed by atoms with Gasteiger partial charge >= 0.3 is 0 Å². The lowest BCUT2D eigenvalue weighted by Gasteiger charge is -2.17. The lowest BCUT2D eigenvalue weighted by Crippen LogP contribution is -2.36. The van der Waals surface area contributed by atoms with Crippen LogP contribution in [0.25, 0.3) is 0 Å². The van der Waals surface area contributed by atoms with Crippen LogP contribution >= 0.6 is 0 Å². The highest BCUT2D eigenvalue weighted by Gasteiger charge is 2.20. The average molecular weight is 436 g/mol. The van der Waals surface area contributed by atoms with Crippen molar-refractivity contribution in [2.24, 2.45) is 0 Å². The van der Waals surface area contributed by atoms with E-state index in [2.05, 4.69) is 26.1 Å². The zero-order chi connectivity index (χ0) is 22.8. The third kappa shape index (κ3) is 6.18. The molecule has 0 aliphatic carbocycles. The van der Waals surface area contributed by atoms with Gasteiger partial charge < -0.3 is 20.7 Å². The summed E-state index contributed by atoms with van der Waals surface area (Å²) in [6, 6.07) is 16.7. The van der Waals surface area contributed by atoms with Crippen molar-refractivity contribution in [3.63, 3.8) is 0 Å². The molecule has 3 rings (SSSR count). The van der Waals surface area contributed by atoms with Crippen LogP contribution in [0.1, 0.15) is 46.2 Å². The van der Waals surface area contributed by atoms with E-state index in [9.17, 15) is 9.59 Å². The van der Waals surface area contributed by atoms with Crippen molar-refractivity contribution >= 4 is 17.5 Å². The van der Waals surface area contributed by atoms with Crippen LogP contribution in [0, 0.1) is 0 Å². The number of carbonyl (C=O) groups is 2. The number of para-hydroxylation sites is 1. The molecular formula is C24H29N5O3. The average Bonchev–Trinajstić information content (AvgIpc) is 3.29. The van der Waals surface area contributed by atoms with Gasteiger partial charge in [-0.15, -0.1) is 0 Å². The highest BCUT2D eigenvalue weighted by molar-refractivity contribution is 6.09. The molecule has 0 aliphatic heterocycles. The second-order valence-corrected chi connectivity index (χ2v) is 7.35. The van der Waals surface area contributed by atoms with Gasteiger partial charge in [-0.25, -0.2) is 0 Å². The van der Waals surface area contributed by atoms with Gasteiger partial charge in [-0.3, -0.25) is 14.7 Å². The van der Waals surface area contributed by atoms with Gasteiger partial charge in [0.05, 0.1) is 17.4 Å². The fraction of sp³-hybridized carbons (Fsp3) is 0.292. The molecule has 8 heteroatoms. The fourth-order valence-corrected chi connectivity index (χ4v) is 3.21.